The van der Waals surface area contributed by atoms with E-state index < -0.39 is 12.1 Å². The van der Waals surface area contributed by atoms with Gasteiger partial charge in [0.2, 0.25) is 0 Å². The SMILES string of the molecule is CCOC(=O)Nc1ccc(-c2ncccc2C(=O)OCC)nc1. The van der Waals surface area contributed by atoms with E-state index >= 15 is 0 Å². The van der Waals surface area contributed by atoms with Gasteiger partial charge in [-0.1, -0.05) is 0 Å². The predicted octanol–water partition coefficient (Wildman–Crippen LogP) is 2.89. The standard InChI is InChI=1S/C16H17N3O4/c1-3-22-15(20)12-6-5-9-17-14(12)13-8-7-11(10-18-13)19-16(21)23-4-2/h5-10H,3-4H2,1-2H3,(H,19,21). The molecule has 0 spiro atoms. The molecule has 2 rings (SSSR count). The van der Waals surface area contributed by atoms with Crippen LogP contribution in [0.3, 0.4) is 0 Å². The maximum absolute atomic E-state index is 12.0. The van der Waals surface area contributed by atoms with E-state index in [0.29, 0.717) is 22.6 Å². The van der Waals surface area contributed by atoms with Gasteiger partial charge in [0, 0.05) is 6.20 Å². The normalized spacial score (nSPS) is 10.0. The van der Waals surface area contributed by atoms with E-state index in [1.165, 1.54) is 6.20 Å². The molecule has 0 aromatic carbocycles. The molecule has 7 nitrogen and oxygen atoms in total. The average Bonchev–Trinajstić information content (AvgIpc) is 2.56. The molecule has 0 aliphatic carbocycles. The molecular weight excluding hydrogens is 298 g/mol. The monoisotopic (exact) mass is 315 g/mol. The van der Waals surface area contributed by atoms with Crippen LogP contribution in [0.15, 0.2) is 36.7 Å². The van der Waals surface area contributed by atoms with E-state index in [0.717, 1.165) is 0 Å². The van der Waals surface area contributed by atoms with Gasteiger partial charge in [-0.2, -0.15) is 0 Å². The molecule has 2 aromatic rings. The Morgan fingerprint density at radius 3 is 2.52 bits per heavy atom. The Labute approximate surface area is 133 Å². The Morgan fingerprint density at radius 2 is 1.87 bits per heavy atom. The largest absolute Gasteiger partial charge is 0.462 e. The summed E-state index contributed by atoms with van der Waals surface area (Å²) in [6.07, 6.45) is 2.49. The van der Waals surface area contributed by atoms with Crippen molar-refractivity contribution in [1.29, 1.82) is 0 Å². The molecule has 2 aromatic heterocycles. The summed E-state index contributed by atoms with van der Waals surface area (Å²) < 4.78 is 9.80. The third kappa shape index (κ3) is 4.26. The van der Waals surface area contributed by atoms with Gasteiger partial charge < -0.3 is 9.47 Å². The van der Waals surface area contributed by atoms with Crippen molar-refractivity contribution in [3.63, 3.8) is 0 Å². The lowest BCUT2D eigenvalue weighted by Gasteiger charge is -2.08. The van der Waals surface area contributed by atoms with Crippen molar-refractivity contribution in [3.8, 4) is 11.4 Å². The first-order chi connectivity index (χ1) is 11.2. The van der Waals surface area contributed by atoms with Crippen LogP contribution in [0.5, 0.6) is 0 Å². The maximum atomic E-state index is 12.0. The summed E-state index contributed by atoms with van der Waals surface area (Å²) in [5.41, 5.74) is 1.76. The van der Waals surface area contributed by atoms with Gasteiger partial charge in [0.05, 0.1) is 36.4 Å². The lowest BCUT2D eigenvalue weighted by molar-refractivity contribution is 0.0527. The number of ether oxygens (including phenoxy) is 2. The smallest absolute Gasteiger partial charge is 0.411 e. The average molecular weight is 315 g/mol. The fourth-order valence-corrected chi connectivity index (χ4v) is 1.88. The molecule has 7 heteroatoms. The third-order valence-corrected chi connectivity index (χ3v) is 2.83. The van der Waals surface area contributed by atoms with E-state index in [1.54, 1.807) is 44.3 Å². The molecule has 2 heterocycles. The van der Waals surface area contributed by atoms with Crippen LogP contribution in [0, 0.1) is 0 Å². The Balaban J connectivity index is 2.23. The Kier molecular flexibility index (Phi) is 5.62. The summed E-state index contributed by atoms with van der Waals surface area (Å²) in [5, 5.41) is 2.54. The lowest BCUT2D eigenvalue weighted by atomic mass is 10.1. The van der Waals surface area contributed by atoms with Crippen molar-refractivity contribution in [2.24, 2.45) is 0 Å². The van der Waals surface area contributed by atoms with Gasteiger partial charge in [-0.25, -0.2) is 9.59 Å². The lowest BCUT2D eigenvalue weighted by Crippen LogP contribution is -2.13. The van der Waals surface area contributed by atoms with Crippen LogP contribution in [-0.4, -0.2) is 35.2 Å². The van der Waals surface area contributed by atoms with Gasteiger partial charge in [-0.3, -0.25) is 15.3 Å². The molecule has 23 heavy (non-hydrogen) atoms. The number of anilines is 1. The summed E-state index contributed by atoms with van der Waals surface area (Å²) in [5.74, 6) is -0.453. The molecule has 0 saturated heterocycles. The third-order valence-electron chi connectivity index (χ3n) is 2.83. The molecule has 1 N–H and O–H groups in total. The molecule has 0 atom stereocenters. The Morgan fingerprint density at radius 1 is 1.09 bits per heavy atom. The predicted molar refractivity (Wildman–Crippen MR) is 84.1 cm³/mol. The Bertz CT molecular complexity index is 686. The van der Waals surface area contributed by atoms with Crippen molar-refractivity contribution in [3.05, 3.63) is 42.2 Å². The minimum Gasteiger partial charge on any atom is -0.462 e. The summed E-state index contributed by atoms with van der Waals surface area (Å²) in [7, 11) is 0. The molecule has 1 amide bonds. The van der Waals surface area contributed by atoms with Crippen molar-refractivity contribution >= 4 is 17.7 Å². The van der Waals surface area contributed by atoms with Crippen LogP contribution in [0.1, 0.15) is 24.2 Å². The topological polar surface area (TPSA) is 90.4 Å². The van der Waals surface area contributed by atoms with Crippen molar-refractivity contribution in [2.75, 3.05) is 18.5 Å². The minimum atomic E-state index is -0.549. The van der Waals surface area contributed by atoms with E-state index in [1.807, 2.05) is 0 Å². The van der Waals surface area contributed by atoms with Crippen molar-refractivity contribution < 1.29 is 19.1 Å². The van der Waals surface area contributed by atoms with E-state index in [9.17, 15) is 9.59 Å². The molecular formula is C16H17N3O4. The van der Waals surface area contributed by atoms with Crippen LogP contribution in [0.25, 0.3) is 11.4 Å². The van der Waals surface area contributed by atoms with Crippen LogP contribution in [0.2, 0.25) is 0 Å². The molecule has 0 aliphatic rings. The van der Waals surface area contributed by atoms with Gasteiger partial charge in [0.1, 0.15) is 5.69 Å². The summed E-state index contributed by atoms with van der Waals surface area (Å²) >= 11 is 0. The highest BCUT2D eigenvalue weighted by Gasteiger charge is 2.15. The minimum absolute atomic E-state index is 0.281. The number of nitrogens with one attached hydrogen (secondary N) is 1. The first kappa shape index (κ1) is 16.4. The number of nitrogens with zero attached hydrogens (tertiary/aromatic N) is 2. The molecule has 120 valence electrons. The second-order valence-corrected chi connectivity index (χ2v) is 4.40. The number of amides is 1. The molecule has 0 fully saturated rings. The number of carbonyl (C=O) groups is 2. The molecule has 0 radical (unpaired) electrons. The number of pyridine rings is 2. The summed E-state index contributed by atoms with van der Waals surface area (Å²) in [6.45, 7) is 4.03. The van der Waals surface area contributed by atoms with Crippen LogP contribution in [-0.2, 0) is 9.47 Å². The second kappa shape index (κ2) is 7.88. The number of carbonyl (C=O) groups excluding carboxylic acids is 2. The van der Waals surface area contributed by atoms with Crippen LogP contribution >= 0.6 is 0 Å². The van der Waals surface area contributed by atoms with Gasteiger partial charge in [0.15, 0.2) is 0 Å². The fraction of sp³-hybridized carbons (Fsp3) is 0.250. The zero-order valence-electron chi connectivity index (χ0n) is 12.9. The van der Waals surface area contributed by atoms with Crippen molar-refractivity contribution in [2.45, 2.75) is 13.8 Å². The van der Waals surface area contributed by atoms with Gasteiger partial charge >= 0.3 is 12.1 Å². The second-order valence-electron chi connectivity index (χ2n) is 4.40. The highest BCUT2D eigenvalue weighted by Crippen LogP contribution is 2.21. The highest BCUT2D eigenvalue weighted by atomic mass is 16.5. The van der Waals surface area contributed by atoms with Gasteiger partial charge in [-0.15, -0.1) is 0 Å². The quantitative estimate of drug-likeness (QED) is 0.853. The number of rotatable bonds is 5. The zero-order chi connectivity index (χ0) is 16.7. The molecule has 0 bridgehead atoms. The zero-order valence-corrected chi connectivity index (χ0v) is 12.9. The fourth-order valence-electron chi connectivity index (χ4n) is 1.88. The highest BCUT2D eigenvalue weighted by molar-refractivity contribution is 5.95. The Hall–Kier alpha value is -2.96. The van der Waals surface area contributed by atoms with Gasteiger partial charge in [-0.05, 0) is 38.1 Å². The molecule has 0 saturated carbocycles. The van der Waals surface area contributed by atoms with E-state index in [4.69, 9.17) is 9.47 Å². The maximum Gasteiger partial charge on any atom is 0.411 e. The van der Waals surface area contributed by atoms with Crippen LogP contribution < -0.4 is 5.32 Å². The number of aromatic nitrogens is 2. The summed E-state index contributed by atoms with van der Waals surface area (Å²) in [6, 6.07) is 6.61. The van der Waals surface area contributed by atoms with Gasteiger partial charge in [0.25, 0.3) is 0 Å². The first-order valence-electron chi connectivity index (χ1n) is 7.18. The van der Waals surface area contributed by atoms with Crippen LogP contribution in [0.4, 0.5) is 10.5 Å². The molecule has 0 unspecified atom stereocenters. The first-order valence-corrected chi connectivity index (χ1v) is 7.18. The number of esters is 1. The van der Waals surface area contributed by atoms with E-state index in [-0.39, 0.29) is 13.2 Å². The summed E-state index contributed by atoms with van der Waals surface area (Å²) in [4.78, 5) is 31.7. The number of hydrogen-bond donors (Lipinski definition) is 1. The van der Waals surface area contributed by atoms with E-state index in [2.05, 4.69) is 15.3 Å². The molecule has 0 aliphatic heterocycles. The van der Waals surface area contributed by atoms with Crippen molar-refractivity contribution in [1.82, 2.24) is 9.97 Å². The number of hydrogen-bond acceptors (Lipinski definition) is 6.